The van der Waals surface area contributed by atoms with Crippen molar-refractivity contribution < 1.29 is 5.11 Å². The minimum atomic E-state index is -0.152. The lowest BCUT2D eigenvalue weighted by Gasteiger charge is -2.11. The third-order valence-corrected chi connectivity index (χ3v) is 2.40. The van der Waals surface area contributed by atoms with Gasteiger partial charge in [-0.15, -0.1) is 0 Å². The number of benzene rings is 2. The molecule has 0 radical (unpaired) electrons. The maximum Gasteiger partial charge on any atom is 0.120 e. The topological polar surface area (TPSA) is 46.2 Å². The Bertz CT molecular complexity index is 463. The Labute approximate surface area is 83.0 Å². The summed E-state index contributed by atoms with van der Waals surface area (Å²) in [6.07, 6.45) is 0. The van der Waals surface area contributed by atoms with Gasteiger partial charge in [0, 0.05) is 11.6 Å². The molecule has 0 amide bonds. The molecule has 0 spiro atoms. The third kappa shape index (κ3) is 1.34. The van der Waals surface area contributed by atoms with Crippen LogP contribution in [0.2, 0.25) is 0 Å². The number of phenolic OH excluding ortho intramolecular Hbond substituents is 1. The molecule has 2 heteroatoms. The summed E-state index contributed by atoms with van der Waals surface area (Å²) in [5.74, 6) is 0.277. The number of hydrogen-bond donors (Lipinski definition) is 2. The van der Waals surface area contributed by atoms with Crippen molar-refractivity contribution in [3.8, 4) is 5.75 Å². The van der Waals surface area contributed by atoms with Gasteiger partial charge in [0.2, 0.25) is 0 Å². The molecule has 0 saturated carbocycles. The number of phenols is 1. The molecule has 0 aliphatic heterocycles. The molecule has 0 unspecified atom stereocenters. The van der Waals surface area contributed by atoms with E-state index >= 15 is 0 Å². The first-order valence-electron chi connectivity index (χ1n) is 4.66. The molecular formula is C12H13NO. The van der Waals surface area contributed by atoms with Crippen LogP contribution in [0.25, 0.3) is 10.8 Å². The minimum Gasteiger partial charge on any atom is -0.508 e. The van der Waals surface area contributed by atoms with Gasteiger partial charge in [0.15, 0.2) is 0 Å². The highest BCUT2D eigenvalue weighted by molar-refractivity contribution is 5.88. The van der Waals surface area contributed by atoms with E-state index in [4.69, 9.17) is 5.73 Å². The van der Waals surface area contributed by atoms with Crippen molar-refractivity contribution in [2.24, 2.45) is 5.73 Å². The van der Waals surface area contributed by atoms with Gasteiger partial charge >= 0.3 is 0 Å². The molecule has 0 aliphatic rings. The lowest BCUT2D eigenvalue weighted by Crippen LogP contribution is -2.05. The van der Waals surface area contributed by atoms with Crippen molar-refractivity contribution in [3.05, 3.63) is 42.0 Å². The van der Waals surface area contributed by atoms with Crippen LogP contribution in [0, 0.1) is 0 Å². The fourth-order valence-electron chi connectivity index (χ4n) is 1.76. The lowest BCUT2D eigenvalue weighted by molar-refractivity contribution is 0.465. The highest BCUT2D eigenvalue weighted by Crippen LogP contribution is 2.30. The van der Waals surface area contributed by atoms with Crippen LogP contribution >= 0.6 is 0 Å². The van der Waals surface area contributed by atoms with E-state index in [2.05, 4.69) is 0 Å². The standard InChI is InChI=1S/C12H13NO/c1-8(13)12-10-5-3-2-4-9(10)6-7-11(12)14/h2-8,14H,13H2,1H3/t8-/m1/s1. The van der Waals surface area contributed by atoms with E-state index in [-0.39, 0.29) is 11.8 Å². The maximum absolute atomic E-state index is 9.70. The predicted octanol–water partition coefficient (Wildman–Crippen LogP) is 2.57. The number of rotatable bonds is 1. The Kier molecular flexibility index (Phi) is 2.14. The van der Waals surface area contributed by atoms with Crippen LogP contribution in [0.1, 0.15) is 18.5 Å². The van der Waals surface area contributed by atoms with Crippen LogP contribution in [-0.4, -0.2) is 5.11 Å². The smallest absolute Gasteiger partial charge is 0.120 e. The molecule has 0 heterocycles. The third-order valence-electron chi connectivity index (χ3n) is 2.40. The average Bonchev–Trinajstić information content (AvgIpc) is 2.17. The summed E-state index contributed by atoms with van der Waals surface area (Å²) in [6, 6.07) is 11.4. The van der Waals surface area contributed by atoms with Crippen LogP contribution in [0.4, 0.5) is 0 Å². The molecule has 2 nitrogen and oxygen atoms in total. The molecule has 2 aromatic rings. The average molecular weight is 187 g/mol. The zero-order valence-electron chi connectivity index (χ0n) is 8.07. The monoisotopic (exact) mass is 187 g/mol. The fourth-order valence-corrected chi connectivity index (χ4v) is 1.76. The summed E-state index contributed by atoms with van der Waals surface area (Å²) in [7, 11) is 0. The summed E-state index contributed by atoms with van der Waals surface area (Å²) in [4.78, 5) is 0. The molecule has 3 N–H and O–H groups in total. The van der Waals surface area contributed by atoms with Crippen molar-refractivity contribution >= 4 is 10.8 Å². The Morgan fingerprint density at radius 1 is 1.14 bits per heavy atom. The molecule has 0 bridgehead atoms. The minimum absolute atomic E-state index is 0.152. The summed E-state index contributed by atoms with van der Waals surface area (Å²) in [6.45, 7) is 1.88. The van der Waals surface area contributed by atoms with Crippen LogP contribution in [0.3, 0.4) is 0 Å². The first kappa shape index (κ1) is 9.03. The zero-order chi connectivity index (χ0) is 10.1. The second-order valence-electron chi connectivity index (χ2n) is 3.51. The summed E-state index contributed by atoms with van der Waals surface area (Å²) >= 11 is 0. The summed E-state index contributed by atoms with van der Waals surface area (Å²) < 4.78 is 0. The van der Waals surface area contributed by atoms with Crippen molar-refractivity contribution in [2.45, 2.75) is 13.0 Å². The number of fused-ring (bicyclic) bond motifs is 1. The van der Waals surface area contributed by atoms with E-state index in [1.54, 1.807) is 6.07 Å². The van der Waals surface area contributed by atoms with Gasteiger partial charge in [0.05, 0.1) is 0 Å². The van der Waals surface area contributed by atoms with Crippen molar-refractivity contribution in [2.75, 3.05) is 0 Å². The van der Waals surface area contributed by atoms with Crippen LogP contribution in [-0.2, 0) is 0 Å². The molecule has 0 aliphatic carbocycles. The van der Waals surface area contributed by atoms with Crippen molar-refractivity contribution in [3.63, 3.8) is 0 Å². The Morgan fingerprint density at radius 2 is 1.86 bits per heavy atom. The molecule has 72 valence electrons. The Morgan fingerprint density at radius 3 is 2.57 bits per heavy atom. The first-order chi connectivity index (χ1) is 6.70. The largest absolute Gasteiger partial charge is 0.508 e. The second kappa shape index (κ2) is 3.31. The van der Waals surface area contributed by atoms with Gasteiger partial charge < -0.3 is 10.8 Å². The van der Waals surface area contributed by atoms with Gasteiger partial charge in [-0.25, -0.2) is 0 Å². The number of aromatic hydroxyl groups is 1. The van der Waals surface area contributed by atoms with E-state index in [0.29, 0.717) is 0 Å². The van der Waals surface area contributed by atoms with Gasteiger partial charge in [-0.05, 0) is 23.8 Å². The molecule has 0 fully saturated rings. The fraction of sp³-hybridized carbons (Fsp3) is 0.167. The summed E-state index contributed by atoms with van der Waals surface area (Å²) in [5.41, 5.74) is 6.64. The molecule has 0 aromatic heterocycles. The molecular weight excluding hydrogens is 174 g/mol. The quantitative estimate of drug-likeness (QED) is 0.720. The van der Waals surface area contributed by atoms with Gasteiger partial charge in [0.25, 0.3) is 0 Å². The Balaban J connectivity index is 2.83. The van der Waals surface area contributed by atoms with Gasteiger partial charge in [-0.1, -0.05) is 30.3 Å². The van der Waals surface area contributed by atoms with Crippen LogP contribution in [0.5, 0.6) is 5.75 Å². The number of hydrogen-bond acceptors (Lipinski definition) is 2. The highest BCUT2D eigenvalue weighted by Gasteiger charge is 2.09. The lowest BCUT2D eigenvalue weighted by atomic mass is 9.99. The van der Waals surface area contributed by atoms with E-state index in [1.165, 1.54) is 0 Å². The first-order valence-corrected chi connectivity index (χ1v) is 4.66. The Hall–Kier alpha value is -1.54. The molecule has 2 aromatic carbocycles. The second-order valence-corrected chi connectivity index (χ2v) is 3.51. The molecule has 1 atom stereocenters. The van der Waals surface area contributed by atoms with Crippen LogP contribution < -0.4 is 5.73 Å². The van der Waals surface area contributed by atoms with E-state index in [9.17, 15) is 5.11 Å². The maximum atomic E-state index is 9.70. The normalized spacial score (nSPS) is 13.0. The summed E-state index contributed by atoms with van der Waals surface area (Å²) in [5, 5.41) is 11.8. The van der Waals surface area contributed by atoms with Gasteiger partial charge in [0.1, 0.15) is 5.75 Å². The highest BCUT2D eigenvalue weighted by atomic mass is 16.3. The molecule has 2 rings (SSSR count). The van der Waals surface area contributed by atoms with E-state index in [1.807, 2.05) is 37.3 Å². The molecule has 0 saturated heterocycles. The zero-order valence-corrected chi connectivity index (χ0v) is 8.07. The predicted molar refractivity (Wildman–Crippen MR) is 58.2 cm³/mol. The van der Waals surface area contributed by atoms with E-state index < -0.39 is 0 Å². The molecule has 14 heavy (non-hydrogen) atoms. The van der Waals surface area contributed by atoms with Crippen LogP contribution in [0.15, 0.2) is 36.4 Å². The van der Waals surface area contributed by atoms with Gasteiger partial charge in [-0.2, -0.15) is 0 Å². The number of nitrogens with two attached hydrogens (primary N) is 1. The van der Waals surface area contributed by atoms with Crippen molar-refractivity contribution in [1.82, 2.24) is 0 Å². The van der Waals surface area contributed by atoms with Crippen molar-refractivity contribution in [1.29, 1.82) is 0 Å². The van der Waals surface area contributed by atoms with Gasteiger partial charge in [-0.3, -0.25) is 0 Å². The SMILES string of the molecule is C[C@@H](N)c1c(O)ccc2ccccc12. The van der Waals surface area contributed by atoms with E-state index in [0.717, 1.165) is 16.3 Å².